The molecule has 88 valence electrons. The number of nitrogen functional groups attached to an aromatic ring is 1. The van der Waals surface area contributed by atoms with Gasteiger partial charge in [-0.25, -0.2) is 9.78 Å². The number of nitrogens with two attached hydrogens (primary N) is 1. The molecular weight excluding hydrogens is 220 g/mol. The fraction of sp³-hybridized carbons (Fsp3) is 0.364. The monoisotopic (exact) mass is 232 g/mol. The van der Waals surface area contributed by atoms with Crippen molar-refractivity contribution in [1.29, 1.82) is 0 Å². The van der Waals surface area contributed by atoms with Crippen LogP contribution in [-0.4, -0.2) is 25.8 Å². The smallest absolute Gasteiger partial charge is 0.339 e. The average Bonchev–Trinajstić information content (AvgIpc) is 3.05. The molecule has 2 aromatic heterocycles. The maximum absolute atomic E-state index is 11.0. The molecule has 17 heavy (non-hydrogen) atoms. The normalized spacial score (nSPS) is 15.4. The standard InChI is InChI=1S/C11H12N4O2/c1-15-10-7(9(14-15)5-2-3-5)8(12)6(4-13-10)11(16)17/h4-5H,2-3H2,1H3,(H2,12,13)(H,16,17). The van der Waals surface area contributed by atoms with Gasteiger partial charge in [0.25, 0.3) is 0 Å². The van der Waals surface area contributed by atoms with Gasteiger partial charge in [0.2, 0.25) is 0 Å². The SMILES string of the molecule is Cn1nc(C2CC2)c2c(N)c(C(=O)O)cnc21. The van der Waals surface area contributed by atoms with Gasteiger partial charge in [-0.3, -0.25) is 4.68 Å². The topological polar surface area (TPSA) is 94.0 Å². The van der Waals surface area contributed by atoms with Gasteiger partial charge in [-0.05, 0) is 12.8 Å². The van der Waals surface area contributed by atoms with Crippen molar-refractivity contribution in [2.75, 3.05) is 5.73 Å². The van der Waals surface area contributed by atoms with Crippen molar-refractivity contribution in [2.45, 2.75) is 18.8 Å². The zero-order valence-electron chi connectivity index (χ0n) is 9.34. The van der Waals surface area contributed by atoms with Crippen molar-refractivity contribution in [3.8, 4) is 0 Å². The summed E-state index contributed by atoms with van der Waals surface area (Å²) < 4.78 is 1.66. The minimum absolute atomic E-state index is 0.0485. The van der Waals surface area contributed by atoms with Gasteiger partial charge in [-0.15, -0.1) is 0 Å². The first-order valence-corrected chi connectivity index (χ1v) is 5.44. The molecule has 1 aliphatic rings. The van der Waals surface area contributed by atoms with E-state index in [-0.39, 0.29) is 11.3 Å². The molecule has 6 heteroatoms. The predicted octanol–water partition coefficient (Wildman–Crippen LogP) is 1.13. The molecule has 0 unspecified atom stereocenters. The molecule has 0 atom stereocenters. The summed E-state index contributed by atoms with van der Waals surface area (Å²) in [6.45, 7) is 0. The highest BCUT2D eigenvalue weighted by molar-refractivity contribution is 6.03. The van der Waals surface area contributed by atoms with E-state index >= 15 is 0 Å². The summed E-state index contributed by atoms with van der Waals surface area (Å²) in [7, 11) is 1.79. The van der Waals surface area contributed by atoms with Crippen molar-refractivity contribution in [3.63, 3.8) is 0 Å². The van der Waals surface area contributed by atoms with Crippen LogP contribution < -0.4 is 5.73 Å². The number of aromatic nitrogens is 3. The summed E-state index contributed by atoms with van der Waals surface area (Å²) in [5.74, 6) is -0.644. The second-order valence-electron chi connectivity index (χ2n) is 4.37. The number of carbonyl (C=O) groups is 1. The van der Waals surface area contributed by atoms with Crippen LogP contribution in [0.25, 0.3) is 11.0 Å². The van der Waals surface area contributed by atoms with Crippen LogP contribution in [0.15, 0.2) is 6.20 Å². The highest BCUT2D eigenvalue weighted by Gasteiger charge is 2.31. The van der Waals surface area contributed by atoms with Gasteiger partial charge in [0.15, 0.2) is 5.65 Å². The summed E-state index contributed by atoms with van der Waals surface area (Å²) in [6, 6.07) is 0. The number of nitrogens with zero attached hydrogens (tertiary/aromatic N) is 3. The Morgan fingerprint density at radius 2 is 2.29 bits per heavy atom. The van der Waals surface area contributed by atoms with E-state index in [9.17, 15) is 4.79 Å². The third-order valence-corrected chi connectivity index (χ3v) is 3.11. The van der Waals surface area contributed by atoms with Crippen molar-refractivity contribution < 1.29 is 9.90 Å². The lowest BCUT2D eigenvalue weighted by Crippen LogP contribution is -2.04. The molecule has 3 N–H and O–H groups in total. The Bertz CT molecular complexity index is 628. The molecule has 0 amide bonds. The van der Waals surface area contributed by atoms with Crippen LogP contribution in [0.5, 0.6) is 0 Å². The zero-order valence-corrected chi connectivity index (χ0v) is 9.34. The number of hydrogen-bond acceptors (Lipinski definition) is 4. The third-order valence-electron chi connectivity index (χ3n) is 3.11. The second-order valence-corrected chi connectivity index (χ2v) is 4.37. The first-order chi connectivity index (χ1) is 8.09. The Balaban J connectivity index is 2.36. The molecular formula is C11H12N4O2. The Labute approximate surface area is 97.1 Å². The molecule has 0 saturated heterocycles. The molecule has 6 nitrogen and oxygen atoms in total. The fourth-order valence-electron chi connectivity index (χ4n) is 2.08. The predicted molar refractivity (Wildman–Crippen MR) is 61.9 cm³/mol. The molecule has 0 bridgehead atoms. The average molecular weight is 232 g/mol. The van der Waals surface area contributed by atoms with Gasteiger partial charge >= 0.3 is 5.97 Å². The number of fused-ring (bicyclic) bond motifs is 1. The van der Waals surface area contributed by atoms with Gasteiger partial charge in [0.1, 0.15) is 5.56 Å². The second kappa shape index (κ2) is 3.19. The lowest BCUT2D eigenvalue weighted by molar-refractivity contribution is 0.0698. The van der Waals surface area contributed by atoms with E-state index in [4.69, 9.17) is 10.8 Å². The number of rotatable bonds is 2. The molecule has 1 saturated carbocycles. The number of carboxylic acid groups (broad SMARTS) is 1. The van der Waals surface area contributed by atoms with E-state index in [1.54, 1.807) is 11.7 Å². The summed E-state index contributed by atoms with van der Waals surface area (Å²) in [6.07, 6.45) is 3.46. The van der Waals surface area contributed by atoms with E-state index in [0.717, 1.165) is 18.5 Å². The van der Waals surface area contributed by atoms with E-state index < -0.39 is 5.97 Å². The number of aryl methyl sites for hydroxylation is 1. The van der Waals surface area contributed by atoms with Gasteiger partial charge in [-0.1, -0.05) is 0 Å². The van der Waals surface area contributed by atoms with E-state index in [1.807, 2.05) is 0 Å². The first-order valence-electron chi connectivity index (χ1n) is 5.44. The fourth-order valence-corrected chi connectivity index (χ4v) is 2.08. The quantitative estimate of drug-likeness (QED) is 0.809. The van der Waals surface area contributed by atoms with Gasteiger partial charge in [0, 0.05) is 19.2 Å². The van der Waals surface area contributed by atoms with Crippen LogP contribution in [-0.2, 0) is 7.05 Å². The van der Waals surface area contributed by atoms with Crippen LogP contribution in [0.3, 0.4) is 0 Å². The molecule has 2 heterocycles. The summed E-state index contributed by atoms with van der Waals surface area (Å²) in [5, 5.41) is 14.1. The maximum Gasteiger partial charge on any atom is 0.339 e. The molecule has 0 aromatic carbocycles. The Hall–Kier alpha value is -2.11. The molecule has 0 radical (unpaired) electrons. The number of anilines is 1. The van der Waals surface area contributed by atoms with E-state index in [1.165, 1.54) is 6.20 Å². The van der Waals surface area contributed by atoms with Crippen LogP contribution in [0.1, 0.15) is 34.8 Å². The molecule has 1 fully saturated rings. The minimum Gasteiger partial charge on any atom is -0.478 e. The zero-order chi connectivity index (χ0) is 12.2. The number of pyridine rings is 1. The largest absolute Gasteiger partial charge is 0.478 e. The summed E-state index contributed by atoms with van der Waals surface area (Å²) >= 11 is 0. The lowest BCUT2D eigenvalue weighted by Gasteiger charge is -2.02. The van der Waals surface area contributed by atoms with Gasteiger partial charge in [0.05, 0.1) is 16.8 Å². The molecule has 0 spiro atoms. The summed E-state index contributed by atoms with van der Waals surface area (Å²) in [4.78, 5) is 15.2. The number of hydrogen-bond donors (Lipinski definition) is 2. The molecule has 0 aliphatic heterocycles. The van der Waals surface area contributed by atoms with Crippen molar-refractivity contribution >= 4 is 22.7 Å². The summed E-state index contributed by atoms with van der Waals surface area (Å²) in [5.41, 5.74) is 7.78. The van der Waals surface area contributed by atoms with Crippen LogP contribution >= 0.6 is 0 Å². The van der Waals surface area contributed by atoms with Gasteiger partial charge < -0.3 is 10.8 Å². The Morgan fingerprint density at radius 3 is 2.88 bits per heavy atom. The molecule has 1 aliphatic carbocycles. The highest BCUT2D eigenvalue weighted by Crippen LogP contribution is 2.43. The highest BCUT2D eigenvalue weighted by atomic mass is 16.4. The van der Waals surface area contributed by atoms with Crippen molar-refractivity contribution in [2.24, 2.45) is 7.05 Å². The lowest BCUT2D eigenvalue weighted by atomic mass is 10.1. The third kappa shape index (κ3) is 1.37. The van der Waals surface area contributed by atoms with Crippen LogP contribution in [0.4, 0.5) is 5.69 Å². The molecule has 3 rings (SSSR count). The van der Waals surface area contributed by atoms with Gasteiger partial charge in [-0.2, -0.15) is 5.10 Å². The van der Waals surface area contributed by atoms with E-state index in [0.29, 0.717) is 17.0 Å². The number of carboxylic acids is 1. The number of aromatic carboxylic acids is 1. The Kier molecular flexibility index (Phi) is 1.89. The maximum atomic E-state index is 11.0. The minimum atomic E-state index is -1.05. The van der Waals surface area contributed by atoms with Crippen LogP contribution in [0.2, 0.25) is 0 Å². The Morgan fingerprint density at radius 1 is 1.59 bits per heavy atom. The van der Waals surface area contributed by atoms with Crippen LogP contribution in [0, 0.1) is 0 Å². The molecule has 2 aromatic rings. The first kappa shape index (κ1) is 10.1. The van der Waals surface area contributed by atoms with Crippen molar-refractivity contribution in [3.05, 3.63) is 17.5 Å². The van der Waals surface area contributed by atoms with Crippen molar-refractivity contribution in [1.82, 2.24) is 14.8 Å². The van der Waals surface area contributed by atoms with E-state index in [2.05, 4.69) is 10.1 Å².